The number of hydrogen-bond donors (Lipinski definition) is 4. The molecular formula is C9H14N4S8. The van der Waals surface area contributed by atoms with Gasteiger partial charge in [0.2, 0.25) is 0 Å². The van der Waals surface area contributed by atoms with Crippen molar-refractivity contribution in [2.24, 2.45) is 0 Å². The first-order chi connectivity index (χ1) is 9.97. The van der Waals surface area contributed by atoms with Gasteiger partial charge in [-0.15, -0.1) is 20.4 Å². The zero-order valence-corrected chi connectivity index (χ0v) is 17.9. The smallest absolute Gasteiger partial charge is 0.158 e. The summed E-state index contributed by atoms with van der Waals surface area (Å²) in [5, 5.41) is 17.2. The van der Waals surface area contributed by atoms with Gasteiger partial charge in [0.25, 0.3) is 0 Å². The van der Waals surface area contributed by atoms with Crippen LogP contribution in [0.2, 0.25) is 0 Å². The molecule has 0 amide bonds. The summed E-state index contributed by atoms with van der Waals surface area (Å²) in [6, 6.07) is 0. The predicted molar refractivity (Wildman–Crippen MR) is 109 cm³/mol. The van der Waals surface area contributed by atoms with Gasteiger partial charge in [0.05, 0.1) is 9.16 Å². The lowest BCUT2D eigenvalue weighted by Gasteiger charge is -1.94. The second kappa shape index (κ2) is 10.9. The number of aromatic nitrogens is 4. The van der Waals surface area contributed by atoms with E-state index in [1.54, 1.807) is 34.9 Å². The van der Waals surface area contributed by atoms with Crippen LogP contribution in [0.15, 0.2) is 8.68 Å². The first-order valence-corrected chi connectivity index (χ1v) is 11.4. The molecule has 0 N–H and O–H groups in total. The summed E-state index contributed by atoms with van der Waals surface area (Å²) in [6.45, 7) is 2.12. The van der Waals surface area contributed by atoms with Gasteiger partial charge < -0.3 is 0 Å². The van der Waals surface area contributed by atoms with Crippen LogP contribution in [-0.4, -0.2) is 32.4 Å². The van der Waals surface area contributed by atoms with Crippen LogP contribution in [0.25, 0.3) is 0 Å². The van der Waals surface area contributed by atoms with Crippen LogP contribution in [0.1, 0.15) is 26.1 Å². The minimum atomic E-state index is -0.165. The predicted octanol–water partition coefficient (Wildman–Crippen LogP) is 4.63. The van der Waals surface area contributed by atoms with Gasteiger partial charge in [-0.1, -0.05) is 53.1 Å². The molecule has 0 aliphatic carbocycles. The lowest BCUT2D eigenvalue weighted by molar-refractivity contribution is 0.956. The van der Waals surface area contributed by atoms with Crippen molar-refractivity contribution in [3.63, 3.8) is 0 Å². The minimum absolute atomic E-state index is 0.165. The van der Waals surface area contributed by atoms with Crippen LogP contribution < -0.4 is 0 Å². The quantitative estimate of drug-likeness (QED) is 0.313. The lowest BCUT2D eigenvalue weighted by Crippen LogP contribution is -1.79. The largest absolute Gasteiger partial charge is 0.175 e. The van der Waals surface area contributed by atoms with Gasteiger partial charge in [-0.2, -0.15) is 50.5 Å². The van der Waals surface area contributed by atoms with Gasteiger partial charge in [0, 0.05) is 0 Å². The Bertz CT molecular complexity index is 503. The monoisotopic (exact) mass is 434 g/mol. The lowest BCUT2D eigenvalue weighted by atomic mass is 10.8. The van der Waals surface area contributed by atoms with E-state index >= 15 is 0 Å². The van der Waals surface area contributed by atoms with E-state index in [4.69, 9.17) is 0 Å². The fourth-order valence-electron chi connectivity index (χ4n) is 0.917. The van der Waals surface area contributed by atoms with Crippen molar-refractivity contribution in [2.45, 2.75) is 24.8 Å². The highest BCUT2D eigenvalue weighted by Crippen LogP contribution is 2.32. The third-order valence-corrected chi connectivity index (χ3v) is 7.37. The van der Waals surface area contributed by atoms with Crippen molar-refractivity contribution >= 4 is 96.7 Å². The SMILES string of the molecule is CCSc1nnc(SC)s1.SC(S)c1nnc(C(S)S)s1. The summed E-state index contributed by atoms with van der Waals surface area (Å²) in [6.07, 6.45) is 2.01. The van der Waals surface area contributed by atoms with Crippen molar-refractivity contribution in [1.29, 1.82) is 0 Å². The Morgan fingerprint density at radius 3 is 1.76 bits per heavy atom. The molecule has 12 heteroatoms. The van der Waals surface area contributed by atoms with Crippen molar-refractivity contribution in [3.8, 4) is 0 Å². The van der Waals surface area contributed by atoms with Gasteiger partial charge in [0.15, 0.2) is 8.68 Å². The molecule has 0 unspecified atom stereocenters. The first kappa shape index (κ1) is 20.3. The molecule has 0 aromatic carbocycles. The summed E-state index contributed by atoms with van der Waals surface area (Å²) in [4.78, 5) is 0. The molecule has 118 valence electrons. The maximum atomic E-state index is 4.09. The fraction of sp³-hybridized carbons (Fsp3) is 0.556. The van der Waals surface area contributed by atoms with Gasteiger partial charge in [-0.05, 0) is 12.0 Å². The molecule has 0 bridgehead atoms. The zero-order chi connectivity index (χ0) is 15.8. The maximum Gasteiger partial charge on any atom is 0.175 e. The van der Waals surface area contributed by atoms with Gasteiger partial charge in [-0.25, -0.2) is 0 Å². The molecule has 0 spiro atoms. The Morgan fingerprint density at radius 1 is 0.905 bits per heavy atom. The average molecular weight is 435 g/mol. The summed E-state index contributed by atoms with van der Waals surface area (Å²) in [7, 11) is 0. The molecule has 0 saturated heterocycles. The summed E-state index contributed by atoms with van der Waals surface area (Å²) in [5.41, 5.74) is 0. The van der Waals surface area contributed by atoms with Crippen LogP contribution in [0, 0.1) is 0 Å². The molecule has 2 aromatic heterocycles. The fourth-order valence-corrected chi connectivity index (χ4v) is 4.68. The average Bonchev–Trinajstić information content (AvgIpc) is 3.08. The topological polar surface area (TPSA) is 51.6 Å². The Kier molecular flexibility index (Phi) is 10.5. The van der Waals surface area contributed by atoms with Crippen molar-refractivity contribution in [1.82, 2.24) is 20.4 Å². The van der Waals surface area contributed by atoms with E-state index in [9.17, 15) is 0 Å². The summed E-state index contributed by atoms with van der Waals surface area (Å²) in [5.74, 6) is 1.07. The third kappa shape index (κ3) is 7.55. The highest BCUT2D eigenvalue weighted by molar-refractivity contribution is 8.03. The molecular weight excluding hydrogens is 421 g/mol. The van der Waals surface area contributed by atoms with E-state index in [0.717, 1.165) is 24.4 Å². The van der Waals surface area contributed by atoms with Crippen LogP contribution >= 0.6 is 96.7 Å². The van der Waals surface area contributed by atoms with E-state index in [-0.39, 0.29) is 9.16 Å². The molecule has 0 fully saturated rings. The molecule has 0 aliphatic rings. The zero-order valence-electron chi connectivity index (χ0n) is 11.1. The Labute approximate surface area is 162 Å². The molecule has 2 rings (SSSR count). The highest BCUT2D eigenvalue weighted by Gasteiger charge is 2.11. The summed E-state index contributed by atoms with van der Waals surface area (Å²) >= 11 is 22.8. The molecule has 0 radical (unpaired) electrons. The number of thiol groups is 4. The van der Waals surface area contributed by atoms with Crippen molar-refractivity contribution in [2.75, 3.05) is 12.0 Å². The first-order valence-electron chi connectivity index (χ1n) is 5.53. The number of rotatable bonds is 5. The molecule has 4 nitrogen and oxygen atoms in total. The van der Waals surface area contributed by atoms with E-state index in [1.807, 2.05) is 6.26 Å². The third-order valence-electron chi connectivity index (χ3n) is 1.73. The molecule has 0 aliphatic heterocycles. The van der Waals surface area contributed by atoms with E-state index < -0.39 is 0 Å². The van der Waals surface area contributed by atoms with Crippen LogP contribution in [0.3, 0.4) is 0 Å². The normalized spacial score (nSPS) is 10.9. The highest BCUT2D eigenvalue weighted by atomic mass is 32.2. The van der Waals surface area contributed by atoms with Gasteiger partial charge in [-0.3, -0.25) is 0 Å². The molecule has 0 atom stereocenters. The Morgan fingerprint density at radius 2 is 1.43 bits per heavy atom. The number of thioether (sulfide) groups is 2. The minimum Gasteiger partial charge on any atom is -0.158 e. The number of nitrogens with zero attached hydrogens (tertiary/aromatic N) is 4. The van der Waals surface area contributed by atoms with E-state index in [1.165, 1.54) is 11.3 Å². The molecule has 21 heavy (non-hydrogen) atoms. The molecule has 0 saturated carbocycles. The van der Waals surface area contributed by atoms with Crippen LogP contribution in [-0.2, 0) is 0 Å². The van der Waals surface area contributed by atoms with E-state index in [2.05, 4.69) is 77.8 Å². The standard InChI is InChI=1S/C5H8N2S3.C4H6N2S5/c1-3-9-5-7-6-4(8-2)10-5;7-3(8)1-5-6-2(11-1)4(9)10/h3H2,1-2H3;3-4,7-10H. The van der Waals surface area contributed by atoms with Gasteiger partial charge >= 0.3 is 0 Å². The second-order valence-corrected chi connectivity index (χ2v) is 10.7. The van der Waals surface area contributed by atoms with Crippen molar-refractivity contribution < 1.29 is 0 Å². The molecule has 2 aromatic rings. The van der Waals surface area contributed by atoms with E-state index in [0.29, 0.717) is 0 Å². The van der Waals surface area contributed by atoms with Crippen molar-refractivity contribution in [3.05, 3.63) is 10.0 Å². The maximum absolute atomic E-state index is 4.09. The number of hydrogen-bond acceptors (Lipinski definition) is 12. The Hall–Kier alpha value is 1.22. The van der Waals surface area contributed by atoms with Gasteiger partial charge in [0.1, 0.15) is 10.0 Å². The Balaban J connectivity index is 0.000000211. The summed E-state index contributed by atoms with van der Waals surface area (Å²) < 4.78 is 1.80. The molecule has 2 heterocycles. The second-order valence-electron chi connectivity index (χ2n) is 3.20. The van der Waals surface area contributed by atoms with Crippen LogP contribution in [0.5, 0.6) is 0 Å². The van der Waals surface area contributed by atoms with Crippen LogP contribution in [0.4, 0.5) is 0 Å².